The second kappa shape index (κ2) is 7.74. The number of rotatable bonds is 5. The molecule has 0 amide bonds. The molecule has 0 fully saturated rings. The van der Waals surface area contributed by atoms with E-state index in [1.54, 1.807) is 7.11 Å². The van der Waals surface area contributed by atoms with E-state index in [4.69, 9.17) is 40.2 Å². The summed E-state index contributed by atoms with van der Waals surface area (Å²) in [5.41, 5.74) is 0.393. The lowest BCUT2D eigenvalue weighted by molar-refractivity contribution is 0.196. The molecule has 0 aliphatic rings. The molecule has 0 heterocycles. The minimum absolute atomic E-state index is 0.182. The van der Waals surface area contributed by atoms with Crippen molar-refractivity contribution in [2.45, 2.75) is 6.42 Å². The average Bonchev–Trinajstić information content (AvgIpc) is 2.29. The number of anilines is 1. The number of halogens is 3. The molecule has 0 bridgehead atoms. The fourth-order valence-corrected chi connectivity index (χ4v) is 2.00. The number of thiocarbonyl (C=S) groups is 1. The Morgan fingerprint density at radius 3 is 2.56 bits per heavy atom. The maximum Gasteiger partial charge on any atom is 0.170 e. The number of methoxy groups -OCH3 is 1. The maximum atomic E-state index is 13.0. The van der Waals surface area contributed by atoms with Gasteiger partial charge in [-0.25, -0.2) is 4.39 Å². The molecular formula is C11H13Cl2FN2OS. The van der Waals surface area contributed by atoms with E-state index in [-0.39, 0.29) is 10.0 Å². The lowest BCUT2D eigenvalue weighted by Crippen LogP contribution is -2.30. The predicted molar refractivity (Wildman–Crippen MR) is 77.1 cm³/mol. The minimum Gasteiger partial charge on any atom is -0.385 e. The lowest BCUT2D eigenvalue weighted by Gasteiger charge is -2.13. The topological polar surface area (TPSA) is 33.3 Å². The molecule has 0 unspecified atom stereocenters. The van der Waals surface area contributed by atoms with E-state index in [2.05, 4.69) is 10.6 Å². The highest BCUT2D eigenvalue weighted by Crippen LogP contribution is 2.31. The molecule has 2 N–H and O–H groups in total. The first-order valence-electron chi connectivity index (χ1n) is 5.23. The zero-order valence-electron chi connectivity index (χ0n) is 9.73. The van der Waals surface area contributed by atoms with Crippen molar-refractivity contribution in [3.05, 3.63) is 28.0 Å². The van der Waals surface area contributed by atoms with Crippen LogP contribution in [0.25, 0.3) is 0 Å². The van der Waals surface area contributed by atoms with E-state index in [1.807, 2.05) is 0 Å². The van der Waals surface area contributed by atoms with Gasteiger partial charge in [0.1, 0.15) is 5.82 Å². The zero-order valence-corrected chi connectivity index (χ0v) is 12.1. The fraction of sp³-hybridized carbons (Fsp3) is 0.364. The van der Waals surface area contributed by atoms with Gasteiger partial charge in [0.2, 0.25) is 0 Å². The van der Waals surface area contributed by atoms with Crippen molar-refractivity contribution in [1.82, 2.24) is 5.32 Å². The van der Waals surface area contributed by atoms with Crippen molar-refractivity contribution in [1.29, 1.82) is 0 Å². The summed E-state index contributed by atoms with van der Waals surface area (Å²) in [5, 5.41) is 6.54. The van der Waals surface area contributed by atoms with Crippen molar-refractivity contribution in [3.63, 3.8) is 0 Å². The molecule has 0 aliphatic heterocycles. The van der Waals surface area contributed by atoms with Crippen LogP contribution in [0.5, 0.6) is 0 Å². The van der Waals surface area contributed by atoms with Gasteiger partial charge in [-0.1, -0.05) is 23.2 Å². The number of nitrogens with one attached hydrogen (secondary N) is 2. The Kier molecular flexibility index (Phi) is 6.63. The quantitative estimate of drug-likeness (QED) is 0.644. The van der Waals surface area contributed by atoms with Gasteiger partial charge in [0.15, 0.2) is 5.11 Å². The summed E-state index contributed by atoms with van der Waals surface area (Å²) in [6.45, 7) is 1.31. The van der Waals surface area contributed by atoms with Crippen LogP contribution in [-0.4, -0.2) is 25.4 Å². The highest BCUT2D eigenvalue weighted by Gasteiger charge is 2.09. The summed E-state index contributed by atoms with van der Waals surface area (Å²) < 4.78 is 17.9. The fourth-order valence-electron chi connectivity index (χ4n) is 1.24. The molecule has 0 aromatic heterocycles. The molecule has 1 aromatic carbocycles. The minimum atomic E-state index is -0.491. The molecule has 0 radical (unpaired) electrons. The largest absolute Gasteiger partial charge is 0.385 e. The summed E-state index contributed by atoms with van der Waals surface area (Å²) in [4.78, 5) is 0. The average molecular weight is 311 g/mol. The van der Waals surface area contributed by atoms with Crippen LogP contribution in [0.1, 0.15) is 6.42 Å². The smallest absolute Gasteiger partial charge is 0.170 e. The number of hydrogen-bond acceptors (Lipinski definition) is 2. The van der Waals surface area contributed by atoms with Gasteiger partial charge in [-0.15, -0.1) is 0 Å². The van der Waals surface area contributed by atoms with Crippen molar-refractivity contribution in [3.8, 4) is 0 Å². The molecule has 18 heavy (non-hydrogen) atoms. The molecule has 0 spiro atoms. The third-order valence-electron chi connectivity index (χ3n) is 2.06. The van der Waals surface area contributed by atoms with Crippen LogP contribution in [0.15, 0.2) is 12.1 Å². The summed E-state index contributed by atoms with van der Waals surface area (Å²) in [5.74, 6) is -0.491. The summed E-state index contributed by atoms with van der Waals surface area (Å²) in [6, 6.07) is 2.34. The first-order chi connectivity index (χ1) is 8.54. The zero-order chi connectivity index (χ0) is 13.5. The Labute approximate surface area is 121 Å². The normalized spacial score (nSPS) is 10.2. The first-order valence-corrected chi connectivity index (χ1v) is 6.39. The summed E-state index contributed by atoms with van der Waals surface area (Å²) in [7, 11) is 1.63. The standard InChI is InChI=1S/C11H13Cl2FN2OS/c1-17-4-2-3-15-11(18)16-10-8(12)5-7(14)6-9(10)13/h5-6H,2-4H2,1H3,(H2,15,16,18). The Hall–Kier alpha value is -0.620. The van der Waals surface area contributed by atoms with Gasteiger partial charge in [-0.05, 0) is 30.8 Å². The SMILES string of the molecule is COCCCNC(=S)Nc1c(Cl)cc(F)cc1Cl. The Balaban J connectivity index is 2.54. The van der Waals surface area contributed by atoms with Gasteiger partial charge in [-0.3, -0.25) is 0 Å². The Morgan fingerprint density at radius 1 is 1.39 bits per heavy atom. The molecule has 0 atom stereocenters. The van der Waals surface area contributed by atoms with Gasteiger partial charge < -0.3 is 15.4 Å². The molecule has 1 aromatic rings. The van der Waals surface area contributed by atoms with Gasteiger partial charge in [0.25, 0.3) is 0 Å². The third kappa shape index (κ3) is 4.94. The van der Waals surface area contributed by atoms with Gasteiger partial charge in [0.05, 0.1) is 15.7 Å². The monoisotopic (exact) mass is 310 g/mol. The molecule has 100 valence electrons. The van der Waals surface area contributed by atoms with Crippen LogP contribution in [0.4, 0.5) is 10.1 Å². The second-order valence-corrected chi connectivity index (χ2v) is 4.69. The molecule has 3 nitrogen and oxygen atoms in total. The van der Waals surface area contributed by atoms with E-state index in [0.29, 0.717) is 24.0 Å². The van der Waals surface area contributed by atoms with Crippen molar-refractivity contribution in [2.24, 2.45) is 0 Å². The number of benzene rings is 1. The van der Waals surface area contributed by atoms with E-state index in [1.165, 1.54) is 12.1 Å². The van der Waals surface area contributed by atoms with Crippen LogP contribution < -0.4 is 10.6 Å². The molecule has 0 saturated heterocycles. The lowest BCUT2D eigenvalue weighted by atomic mass is 10.3. The first kappa shape index (κ1) is 15.4. The van der Waals surface area contributed by atoms with Crippen molar-refractivity contribution in [2.75, 3.05) is 25.6 Å². The highest BCUT2D eigenvalue weighted by molar-refractivity contribution is 7.80. The number of hydrogen-bond donors (Lipinski definition) is 2. The van der Waals surface area contributed by atoms with E-state index < -0.39 is 5.82 Å². The Morgan fingerprint density at radius 2 is 2.00 bits per heavy atom. The summed E-state index contributed by atoms with van der Waals surface area (Å²) >= 11 is 16.8. The van der Waals surface area contributed by atoms with E-state index >= 15 is 0 Å². The highest BCUT2D eigenvalue weighted by atomic mass is 35.5. The second-order valence-electron chi connectivity index (χ2n) is 3.47. The van der Waals surface area contributed by atoms with Crippen LogP contribution in [0.3, 0.4) is 0 Å². The van der Waals surface area contributed by atoms with Gasteiger partial charge in [0, 0.05) is 20.3 Å². The maximum absolute atomic E-state index is 13.0. The number of ether oxygens (including phenoxy) is 1. The predicted octanol–water partition coefficient (Wildman–Crippen LogP) is 3.46. The molecule has 1 rings (SSSR count). The summed E-state index contributed by atoms with van der Waals surface area (Å²) in [6.07, 6.45) is 0.823. The van der Waals surface area contributed by atoms with Gasteiger partial charge in [-0.2, -0.15) is 0 Å². The van der Waals surface area contributed by atoms with Crippen molar-refractivity contribution < 1.29 is 9.13 Å². The third-order valence-corrected chi connectivity index (χ3v) is 2.90. The molecule has 0 saturated carbocycles. The van der Waals surface area contributed by atoms with E-state index in [9.17, 15) is 4.39 Å². The van der Waals surface area contributed by atoms with E-state index in [0.717, 1.165) is 6.42 Å². The van der Waals surface area contributed by atoms with Crippen LogP contribution >= 0.6 is 35.4 Å². The molecule has 0 aliphatic carbocycles. The van der Waals surface area contributed by atoms with Crippen LogP contribution in [0, 0.1) is 5.82 Å². The Bertz CT molecular complexity index is 408. The molecular weight excluding hydrogens is 298 g/mol. The molecule has 7 heteroatoms. The van der Waals surface area contributed by atoms with Crippen molar-refractivity contribution >= 4 is 46.2 Å². The van der Waals surface area contributed by atoms with Crippen LogP contribution in [0.2, 0.25) is 10.0 Å². The van der Waals surface area contributed by atoms with Crippen LogP contribution in [-0.2, 0) is 4.74 Å². The van der Waals surface area contributed by atoms with Gasteiger partial charge >= 0.3 is 0 Å².